The molecule has 0 spiro atoms. The van der Waals surface area contributed by atoms with Crippen LogP contribution in [-0.4, -0.2) is 29.9 Å². The van der Waals surface area contributed by atoms with E-state index in [9.17, 15) is 9.59 Å². The summed E-state index contributed by atoms with van der Waals surface area (Å²) in [6, 6.07) is 15.6. The molecule has 1 fully saturated rings. The monoisotopic (exact) mass is 377 g/mol. The molecule has 3 amide bonds. The molecular formula is C23H27N3O2. The van der Waals surface area contributed by atoms with Crippen LogP contribution in [0.3, 0.4) is 0 Å². The minimum atomic E-state index is -0.0952. The number of para-hydroxylation sites is 1. The topological polar surface area (TPSA) is 61.4 Å². The van der Waals surface area contributed by atoms with Crippen molar-refractivity contribution in [3.8, 4) is 0 Å². The third-order valence-corrected chi connectivity index (χ3v) is 5.83. The lowest BCUT2D eigenvalue weighted by molar-refractivity contribution is -0.121. The lowest BCUT2D eigenvalue weighted by atomic mass is 9.90. The quantitative estimate of drug-likeness (QED) is 0.830. The summed E-state index contributed by atoms with van der Waals surface area (Å²) in [7, 11) is 0. The lowest BCUT2D eigenvalue weighted by Gasteiger charge is -2.31. The highest BCUT2D eigenvalue weighted by molar-refractivity contribution is 5.94. The Labute approximate surface area is 166 Å². The Kier molecular flexibility index (Phi) is 5.60. The third-order valence-electron chi connectivity index (χ3n) is 5.83. The minimum Gasteiger partial charge on any atom is -0.326 e. The van der Waals surface area contributed by atoms with Crippen LogP contribution >= 0.6 is 0 Å². The van der Waals surface area contributed by atoms with Crippen molar-refractivity contribution in [2.24, 2.45) is 5.92 Å². The van der Waals surface area contributed by atoms with Crippen molar-refractivity contribution in [3.63, 3.8) is 0 Å². The first-order chi connectivity index (χ1) is 13.7. The predicted octanol–water partition coefficient (Wildman–Crippen LogP) is 4.45. The summed E-state index contributed by atoms with van der Waals surface area (Å²) in [5.41, 5.74) is 4.45. The molecule has 1 aliphatic heterocycles. The fraction of sp³-hybridized carbons (Fsp3) is 0.391. The molecule has 1 heterocycles. The molecule has 0 radical (unpaired) electrons. The van der Waals surface area contributed by atoms with Crippen molar-refractivity contribution in [2.75, 3.05) is 23.7 Å². The second-order valence-electron chi connectivity index (χ2n) is 7.70. The first-order valence-electron chi connectivity index (χ1n) is 10.2. The lowest BCUT2D eigenvalue weighted by Crippen LogP contribution is -2.43. The van der Waals surface area contributed by atoms with Gasteiger partial charge in [0.2, 0.25) is 5.91 Å². The maximum atomic E-state index is 12.8. The van der Waals surface area contributed by atoms with Gasteiger partial charge in [-0.3, -0.25) is 4.79 Å². The average molecular weight is 377 g/mol. The molecule has 2 aromatic carbocycles. The minimum absolute atomic E-state index is 0.0415. The molecule has 0 atom stereocenters. The molecule has 0 unspecified atom stereocenters. The summed E-state index contributed by atoms with van der Waals surface area (Å²) in [5.74, 6) is 0.0438. The largest absolute Gasteiger partial charge is 0.326 e. The van der Waals surface area contributed by atoms with Gasteiger partial charge in [0, 0.05) is 30.4 Å². The molecular weight excluding hydrogens is 350 g/mol. The van der Waals surface area contributed by atoms with Crippen molar-refractivity contribution in [3.05, 3.63) is 59.7 Å². The molecule has 146 valence electrons. The number of amides is 3. The van der Waals surface area contributed by atoms with E-state index < -0.39 is 0 Å². The molecule has 1 saturated heterocycles. The van der Waals surface area contributed by atoms with Gasteiger partial charge in [0.05, 0.1) is 0 Å². The van der Waals surface area contributed by atoms with Crippen LogP contribution in [0.5, 0.6) is 0 Å². The van der Waals surface area contributed by atoms with E-state index in [0.717, 1.165) is 24.2 Å². The molecule has 1 aliphatic carbocycles. The van der Waals surface area contributed by atoms with Gasteiger partial charge in [-0.2, -0.15) is 0 Å². The van der Waals surface area contributed by atoms with Crippen LogP contribution in [0.25, 0.3) is 0 Å². The van der Waals surface area contributed by atoms with Crippen LogP contribution in [0.1, 0.15) is 36.8 Å². The number of hydrogen-bond acceptors (Lipinski definition) is 2. The van der Waals surface area contributed by atoms with E-state index in [1.165, 1.54) is 24.0 Å². The fourth-order valence-electron chi connectivity index (χ4n) is 4.20. The molecule has 2 N–H and O–H groups in total. The van der Waals surface area contributed by atoms with Crippen molar-refractivity contribution < 1.29 is 9.59 Å². The molecule has 5 nitrogen and oxygen atoms in total. The average Bonchev–Trinajstić information content (AvgIpc) is 2.75. The normalized spacial score (nSPS) is 16.9. The molecule has 0 saturated carbocycles. The summed E-state index contributed by atoms with van der Waals surface area (Å²) in [6.45, 7) is 1.20. The van der Waals surface area contributed by atoms with E-state index >= 15 is 0 Å². The van der Waals surface area contributed by atoms with E-state index in [2.05, 4.69) is 16.7 Å². The maximum Gasteiger partial charge on any atom is 0.321 e. The van der Waals surface area contributed by atoms with E-state index in [1.807, 2.05) is 42.5 Å². The second-order valence-corrected chi connectivity index (χ2v) is 7.70. The SMILES string of the molecule is O=C(Nc1cccc2c1CCCC2)C1CCN(C(=O)Nc2ccccc2)CC1. The number of rotatable bonds is 3. The summed E-state index contributed by atoms with van der Waals surface area (Å²) < 4.78 is 0. The number of anilines is 2. The Bertz CT molecular complexity index is 842. The van der Waals surface area contributed by atoms with Crippen LogP contribution in [0.2, 0.25) is 0 Å². The van der Waals surface area contributed by atoms with Gasteiger partial charge < -0.3 is 15.5 Å². The smallest absolute Gasteiger partial charge is 0.321 e. The van der Waals surface area contributed by atoms with Gasteiger partial charge in [-0.05, 0) is 67.9 Å². The number of piperidine rings is 1. The number of nitrogens with zero attached hydrogens (tertiary/aromatic N) is 1. The first kappa shape index (κ1) is 18.5. The van der Waals surface area contributed by atoms with Crippen molar-refractivity contribution in [1.29, 1.82) is 0 Å². The summed E-state index contributed by atoms with van der Waals surface area (Å²) in [4.78, 5) is 27.0. The van der Waals surface area contributed by atoms with E-state index in [0.29, 0.717) is 25.9 Å². The Morgan fingerprint density at radius 2 is 1.61 bits per heavy atom. The van der Waals surface area contributed by atoms with Gasteiger partial charge >= 0.3 is 6.03 Å². The Balaban J connectivity index is 1.31. The highest BCUT2D eigenvalue weighted by Crippen LogP contribution is 2.29. The highest BCUT2D eigenvalue weighted by Gasteiger charge is 2.28. The fourth-order valence-corrected chi connectivity index (χ4v) is 4.20. The summed E-state index contributed by atoms with van der Waals surface area (Å²) in [5, 5.41) is 6.08. The Morgan fingerprint density at radius 1 is 0.857 bits per heavy atom. The number of likely N-dealkylation sites (tertiary alicyclic amines) is 1. The summed E-state index contributed by atoms with van der Waals surface area (Å²) in [6.07, 6.45) is 5.96. The molecule has 0 bridgehead atoms. The van der Waals surface area contributed by atoms with E-state index in [4.69, 9.17) is 0 Å². The zero-order valence-corrected chi connectivity index (χ0v) is 16.1. The molecule has 4 rings (SSSR count). The number of fused-ring (bicyclic) bond motifs is 1. The first-order valence-corrected chi connectivity index (χ1v) is 10.2. The van der Waals surface area contributed by atoms with Crippen LogP contribution in [0, 0.1) is 5.92 Å². The number of nitrogens with one attached hydrogen (secondary N) is 2. The van der Waals surface area contributed by atoms with E-state index in [-0.39, 0.29) is 17.9 Å². The van der Waals surface area contributed by atoms with Gasteiger partial charge in [0.25, 0.3) is 0 Å². The number of aryl methyl sites for hydroxylation is 1. The number of urea groups is 1. The Morgan fingerprint density at radius 3 is 2.39 bits per heavy atom. The van der Waals surface area contributed by atoms with Crippen LogP contribution in [-0.2, 0) is 17.6 Å². The van der Waals surface area contributed by atoms with Crippen LogP contribution in [0.4, 0.5) is 16.2 Å². The highest BCUT2D eigenvalue weighted by atomic mass is 16.2. The van der Waals surface area contributed by atoms with Crippen LogP contribution < -0.4 is 10.6 Å². The number of benzene rings is 2. The molecule has 28 heavy (non-hydrogen) atoms. The zero-order chi connectivity index (χ0) is 19.3. The van der Waals surface area contributed by atoms with Gasteiger partial charge in [0.15, 0.2) is 0 Å². The van der Waals surface area contributed by atoms with E-state index in [1.54, 1.807) is 4.90 Å². The molecule has 0 aromatic heterocycles. The summed E-state index contributed by atoms with van der Waals surface area (Å²) >= 11 is 0. The van der Waals surface area contributed by atoms with Gasteiger partial charge in [0.1, 0.15) is 0 Å². The van der Waals surface area contributed by atoms with Crippen LogP contribution in [0.15, 0.2) is 48.5 Å². The zero-order valence-electron chi connectivity index (χ0n) is 16.1. The third kappa shape index (κ3) is 4.19. The van der Waals surface area contributed by atoms with Crippen molar-refractivity contribution >= 4 is 23.3 Å². The van der Waals surface area contributed by atoms with Gasteiger partial charge in [-0.1, -0.05) is 30.3 Å². The number of carbonyl (C=O) groups is 2. The standard InChI is InChI=1S/C23H27N3O2/c27-22(25-21-12-6-8-17-7-4-5-11-20(17)21)18-13-15-26(16-14-18)23(28)24-19-9-2-1-3-10-19/h1-3,6,8-10,12,18H,4-5,7,11,13-16H2,(H,24,28)(H,25,27). The predicted molar refractivity (Wildman–Crippen MR) is 111 cm³/mol. The second kappa shape index (κ2) is 8.46. The van der Waals surface area contributed by atoms with Gasteiger partial charge in [-0.25, -0.2) is 4.79 Å². The van der Waals surface area contributed by atoms with Crippen molar-refractivity contribution in [1.82, 2.24) is 4.90 Å². The van der Waals surface area contributed by atoms with Gasteiger partial charge in [-0.15, -0.1) is 0 Å². The molecule has 2 aliphatic rings. The number of hydrogen-bond donors (Lipinski definition) is 2. The molecule has 2 aromatic rings. The van der Waals surface area contributed by atoms with Crippen molar-refractivity contribution in [2.45, 2.75) is 38.5 Å². The molecule has 5 heteroatoms. The Hall–Kier alpha value is -2.82. The maximum absolute atomic E-state index is 12.8. The number of carbonyl (C=O) groups excluding carboxylic acids is 2.